The van der Waals surface area contributed by atoms with E-state index in [0.29, 0.717) is 33.6 Å². The van der Waals surface area contributed by atoms with E-state index in [1.54, 1.807) is 31.4 Å². The number of carbonyl (C=O) groups is 1. The monoisotopic (exact) mass is 391 g/mol. The van der Waals surface area contributed by atoms with Gasteiger partial charge < -0.3 is 14.6 Å². The van der Waals surface area contributed by atoms with E-state index >= 15 is 0 Å². The van der Waals surface area contributed by atoms with Crippen LogP contribution in [-0.2, 0) is 0 Å². The van der Waals surface area contributed by atoms with Gasteiger partial charge in [-0.3, -0.25) is 4.79 Å². The molecule has 4 rings (SSSR count). The van der Waals surface area contributed by atoms with Crippen LogP contribution in [0.15, 0.2) is 64.5 Å². The van der Waals surface area contributed by atoms with Crippen molar-refractivity contribution in [2.45, 2.75) is 6.92 Å². The maximum Gasteiger partial charge on any atom is 0.270 e. The molecule has 0 atom stereocenters. The van der Waals surface area contributed by atoms with Gasteiger partial charge in [0.05, 0.1) is 12.8 Å². The molecular formula is C21H17N3O3S. The average molecular weight is 391 g/mol. The van der Waals surface area contributed by atoms with Gasteiger partial charge in [0.15, 0.2) is 0 Å². The lowest BCUT2D eigenvalue weighted by molar-refractivity contribution is 0.102. The maximum atomic E-state index is 12.5. The average Bonchev–Trinajstić information content (AvgIpc) is 3.37. The molecule has 0 aliphatic carbocycles. The lowest BCUT2D eigenvalue weighted by atomic mass is 10.1. The van der Waals surface area contributed by atoms with Crippen molar-refractivity contribution >= 4 is 22.9 Å². The molecular weight excluding hydrogens is 374 g/mol. The smallest absolute Gasteiger partial charge is 0.270 e. The second-order valence-corrected chi connectivity index (χ2v) is 7.05. The second-order valence-electron chi connectivity index (χ2n) is 6.14. The van der Waals surface area contributed by atoms with Crippen LogP contribution >= 0.6 is 11.3 Å². The molecule has 2 aromatic heterocycles. The number of nitrogens with one attached hydrogen (secondary N) is 1. The van der Waals surface area contributed by atoms with Crippen molar-refractivity contribution < 1.29 is 14.1 Å². The van der Waals surface area contributed by atoms with Crippen LogP contribution in [0.2, 0.25) is 0 Å². The molecule has 0 aliphatic rings. The van der Waals surface area contributed by atoms with Crippen LogP contribution in [0.1, 0.15) is 15.9 Å². The van der Waals surface area contributed by atoms with Crippen LogP contribution in [0.3, 0.4) is 0 Å². The molecule has 1 N–H and O–H groups in total. The van der Waals surface area contributed by atoms with Crippen LogP contribution in [0.5, 0.6) is 5.75 Å². The molecule has 4 aromatic rings. The van der Waals surface area contributed by atoms with E-state index in [-0.39, 0.29) is 5.91 Å². The highest BCUT2D eigenvalue weighted by Gasteiger charge is 2.18. The summed E-state index contributed by atoms with van der Waals surface area (Å²) in [4.78, 5) is 17.8. The number of methoxy groups -OCH3 is 1. The van der Waals surface area contributed by atoms with Crippen molar-refractivity contribution in [2.75, 3.05) is 12.4 Å². The number of benzene rings is 2. The first kappa shape index (κ1) is 17.9. The minimum Gasteiger partial charge on any atom is -0.497 e. The van der Waals surface area contributed by atoms with Crippen molar-refractivity contribution in [3.8, 4) is 27.9 Å². The molecule has 140 valence electrons. The number of hydrogen-bond acceptors (Lipinski definition) is 6. The number of anilines is 1. The number of nitrogens with zero attached hydrogens (tertiary/aromatic N) is 2. The number of hydrogen-bond donors (Lipinski definition) is 1. The Labute approximate surface area is 165 Å². The molecule has 0 radical (unpaired) electrons. The predicted molar refractivity (Wildman–Crippen MR) is 109 cm³/mol. The Bertz CT molecular complexity index is 1120. The summed E-state index contributed by atoms with van der Waals surface area (Å²) in [5.41, 5.74) is 3.16. The molecule has 28 heavy (non-hydrogen) atoms. The van der Waals surface area contributed by atoms with Gasteiger partial charge in [-0.25, -0.2) is 0 Å². The summed E-state index contributed by atoms with van der Waals surface area (Å²) in [6.07, 6.45) is 0. The largest absolute Gasteiger partial charge is 0.497 e. The SMILES string of the molecule is COc1ccc(C(=O)Nc2ccsc2-c2nc(-c3cccc(C)c3)no2)cc1. The summed E-state index contributed by atoms with van der Waals surface area (Å²) >= 11 is 1.43. The molecule has 2 aromatic carbocycles. The molecule has 0 fully saturated rings. The van der Waals surface area contributed by atoms with Crippen molar-refractivity contribution in [1.29, 1.82) is 0 Å². The molecule has 2 heterocycles. The summed E-state index contributed by atoms with van der Waals surface area (Å²) in [5, 5.41) is 8.85. The van der Waals surface area contributed by atoms with E-state index in [1.807, 2.05) is 42.6 Å². The van der Waals surface area contributed by atoms with Gasteiger partial charge in [0.2, 0.25) is 5.82 Å². The Balaban J connectivity index is 1.56. The molecule has 6 nitrogen and oxygen atoms in total. The number of ether oxygens (including phenoxy) is 1. The highest BCUT2D eigenvalue weighted by molar-refractivity contribution is 7.14. The summed E-state index contributed by atoms with van der Waals surface area (Å²) in [6, 6.07) is 16.6. The van der Waals surface area contributed by atoms with E-state index < -0.39 is 0 Å². The maximum absolute atomic E-state index is 12.5. The van der Waals surface area contributed by atoms with Crippen LogP contribution in [0, 0.1) is 6.92 Å². The fourth-order valence-corrected chi connectivity index (χ4v) is 3.50. The number of amides is 1. The molecule has 0 saturated heterocycles. The third-order valence-electron chi connectivity index (χ3n) is 4.16. The van der Waals surface area contributed by atoms with Gasteiger partial charge in [-0.05, 0) is 48.7 Å². The summed E-state index contributed by atoms with van der Waals surface area (Å²) in [7, 11) is 1.59. The second kappa shape index (κ2) is 7.66. The third-order valence-corrected chi connectivity index (χ3v) is 5.06. The zero-order chi connectivity index (χ0) is 19.5. The zero-order valence-electron chi connectivity index (χ0n) is 15.3. The molecule has 0 aliphatic heterocycles. The zero-order valence-corrected chi connectivity index (χ0v) is 16.1. The Morgan fingerprint density at radius 1 is 1.14 bits per heavy atom. The molecule has 0 bridgehead atoms. The molecule has 0 spiro atoms. The summed E-state index contributed by atoms with van der Waals surface area (Å²) in [6.45, 7) is 2.01. The Hall–Kier alpha value is -3.45. The lowest BCUT2D eigenvalue weighted by Crippen LogP contribution is -2.11. The van der Waals surface area contributed by atoms with E-state index in [2.05, 4.69) is 15.5 Å². The number of aromatic nitrogens is 2. The van der Waals surface area contributed by atoms with E-state index in [4.69, 9.17) is 9.26 Å². The molecule has 1 amide bonds. The minimum absolute atomic E-state index is 0.222. The fraction of sp³-hybridized carbons (Fsp3) is 0.0952. The van der Waals surface area contributed by atoms with E-state index in [1.165, 1.54) is 11.3 Å². The van der Waals surface area contributed by atoms with Crippen LogP contribution in [0.4, 0.5) is 5.69 Å². The number of carbonyl (C=O) groups excluding carboxylic acids is 1. The first-order chi connectivity index (χ1) is 13.6. The van der Waals surface area contributed by atoms with Crippen LogP contribution in [0.25, 0.3) is 22.2 Å². The van der Waals surface area contributed by atoms with Crippen molar-refractivity contribution in [2.24, 2.45) is 0 Å². The number of aryl methyl sites for hydroxylation is 1. The fourth-order valence-electron chi connectivity index (χ4n) is 2.73. The van der Waals surface area contributed by atoms with E-state index in [9.17, 15) is 4.79 Å². The standard InChI is InChI=1S/C21H17N3O3S/c1-13-4-3-5-15(12-13)19-23-21(27-24-19)18-17(10-11-28-18)22-20(25)14-6-8-16(26-2)9-7-14/h3-12H,1-2H3,(H,22,25). The Morgan fingerprint density at radius 2 is 1.96 bits per heavy atom. The topological polar surface area (TPSA) is 77.2 Å². The highest BCUT2D eigenvalue weighted by atomic mass is 32.1. The van der Waals surface area contributed by atoms with Gasteiger partial charge >= 0.3 is 0 Å². The quantitative estimate of drug-likeness (QED) is 0.516. The van der Waals surface area contributed by atoms with Gasteiger partial charge in [-0.2, -0.15) is 4.98 Å². The van der Waals surface area contributed by atoms with Crippen LogP contribution < -0.4 is 10.1 Å². The first-order valence-electron chi connectivity index (χ1n) is 8.58. The van der Waals surface area contributed by atoms with Crippen LogP contribution in [-0.4, -0.2) is 23.2 Å². The Kier molecular flexibility index (Phi) is 4.90. The number of rotatable bonds is 5. The predicted octanol–water partition coefficient (Wildman–Crippen LogP) is 5.03. The van der Waals surface area contributed by atoms with Gasteiger partial charge in [0.25, 0.3) is 11.8 Å². The molecule has 7 heteroatoms. The first-order valence-corrected chi connectivity index (χ1v) is 9.46. The number of thiophene rings is 1. The normalized spacial score (nSPS) is 10.6. The van der Waals surface area contributed by atoms with Crippen molar-refractivity contribution in [3.05, 3.63) is 71.1 Å². The molecule has 0 saturated carbocycles. The Morgan fingerprint density at radius 3 is 2.71 bits per heavy atom. The highest BCUT2D eigenvalue weighted by Crippen LogP contribution is 2.34. The molecule has 0 unspecified atom stereocenters. The third kappa shape index (κ3) is 3.65. The van der Waals surface area contributed by atoms with Gasteiger partial charge in [0, 0.05) is 11.1 Å². The van der Waals surface area contributed by atoms with Gasteiger partial charge in [-0.1, -0.05) is 28.9 Å². The van der Waals surface area contributed by atoms with Crippen molar-refractivity contribution in [1.82, 2.24) is 10.1 Å². The minimum atomic E-state index is -0.222. The van der Waals surface area contributed by atoms with E-state index in [0.717, 1.165) is 11.1 Å². The summed E-state index contributed by atoms with van der Waals surface area (Å²) < 4.78 is 10.6. The van der Waals surface area contributed by atoms with Crippen molar-refractivity contribution in [3.63, 3.8) is 0 Å². The van der Waals surface area contributed by atoms with Gasteiger partial charge in [-0.15, -0.1) is 11.3 Å². The summed E-state index contributed by atoms with van der Waals surface area (Å²) in [5.74, 6) is 1.36. The van der Waals surface area contributed by atoms with Gasteiger partial charge in [0.1, 0.15) is 10.6 Å². The lowest BCUT2D eigenvalue weighted by Gasteiger charge is -2.05.